The lowest BCUT2D eigenvalue weighted by Gasteiger charge is -2.38. The fourth-order valence-corrected chi connectivity index (χ4v) is 3.19. The maximum atomic E-state index is 12.3. The van der Waals surface area contributed by atoms with Crippen molar-refractivity contribution in [2.75, 3.05) is 7.11 Å². The highest BCUT2D eigenvalue weighted by Crippen LogP contribution is 2.40. The SMILES string of the molecule is COc1ccc(C(C)(C)[C@@H]2CC[C@@H](C)CC2=O)cc1. The molecule has 1 aliphatic carbocycles. The van der Waals surface area contributed by atoms with Crippen molar-refractivity contribution in [3.63, 3.8) is 0 Å². The molecule has 2 nitrogen and oxygen atoms in total. The van der Waals surface area contributed by atoms with Crippen molar-refractivity contribution in [2.24, 2.45) is 11.8 Å². The second-order valence-electron chi connectivity index (χ2n) is 6.36. The number of ether oxygens (including phenoxy) is 1. The highest BCUT2D eigenvalue weighted by atomic mass is 16.5. The quantitative estimate of drug-likeness (QED) is 0.821. The van der Waals surface area contributed by atoms with E-state index in [1.807, 2.05) is 12.1 Å². The molecular weight excluding hydrogens is 236 g/mol. The number of benzene rings is 1. The van der Waals surface area contributed by atoms with Crippen LogP contribution in [0.5, 0.6) is 5.75 Å². The molecule has 0 amide bonds. The van der Waals surface area contributed by atoms with Crippen LogP contribution in [-0.4, -0.2) is 12.9 Å². The molecule has 2 atom stereocenters. The molecule has 104 valence electrons. The van der Waals surface area contributed by atoms with Gasteiger partial charge in [0.2, 0.25) is 0 Å². The molecule has 0 aromatic heterocycles. The Morgan fingerprint density at radius 2 is 1.79 bits per heavy atom. The van der Waals surface area contributed by atoms with Crippen molar-refractivity contribution in [3.05, 3.63) is 29.8 Å². The number of rotatable bonds is 3. The van der Waals surface area contributed by atoms with Crippen molar-refractivity contribution in [3.8, 4) is 5.75 Å². The first-order chi connectivity index (χ1) is 8.95. The van der Waals surface area contributed by atoms with Gasteiger partial charge in [-0.05, 0) is 41.9 Å². The van der Waals surface area contributed by atoms with Gasteiger partial charge in [0.25, 0.3) is 0 Å². The van der Waals surface area contributed by atoms with Crippen molar-refractivity contribution in [1.82, 2.24) is 0 Å². The molecule has 1 aliphatic rings. The van der Waals surface area contributed by atoms with Crippen LogP contribution in [0.25, 0.3) is 0 Å². The normalized spacial score (nSPS) is 24.3. The standard InChI is InChI=1S/C17H24O2/c1-12-5-10-15(16(18)11-12)17(2,3)13-6-8-14(19-4)9-7-13/h6-9,12,15H,5,10-11H2,1-4H3/t12-,15-/m1/s1. The van der Waals surface area contributed by atoms with E-state index in [9.17, 15) is 4.79 Å². The monoisotopic (exact) mass is 260 g/mol. The van der Waals surface area contributed by atoms with E-state index in [1.165, 1.54) is 5.56 Å². The summed E-state index contributed by atoms with van der Waals surface area (Å²) in [5.41, 5.74) is 1.13. The Balaban J connectivity index is 2.22. The lowest BCUT2D eigenvalue weighted by Crippen LogP contribution is -2.38. The first kappa shape index (κ1) is 14.1. The second-order valence-corrected chi connectivity index (χ2v) is 6.36. The van der Waals surface area contributed by atoms with Gasteiger partial charge >= 0.3 is 0 Å². The Morgan fingerprint density at radius 3 is 2.32 bits per heavy atom. The average molecular weight is 260 g/mol. The van der Waals surface area contributed by atoms with Crippen LogP contribution in [0.2, 0.25) is 0 Å². The van der Waals surface area contributed by atoms with E-state index in [4.69, 9.17) is 4.74 Å². The van der Waals surface area contributed by atoms with E-state index in [-0.39, 0.29) is 11.3 Å². The van der Waals surface area contributed by atoms with E-state index in [0.717, 1.165) is 25.0 Å². The number of carbonyl (C=O) groups is 1. The highest BCUT2D eigenvalue weighted by Gasteiger charge is 2.38. The molecule has 1 saturated carbocycles. The summed E-state index contributed by atoms with van der Waals surface area (Å²) in [6.07, 6.45) is 2.92. The number of ketones is 1. The third-order valence-corrected chi connectivity index (χ3v) is 4.59. The Kier molecular flexibility index (Phi) is 3.98. The number of hydrogen-bond donors (Lipinski definition) is 0. The highest BCUT2D eigenvalue weighted by molar-refractivity contribution is 5.83. The van der Waals surface area contributed by atoms with Crippen LogP contribution in [0, 0.1) is 11.8 Å². The van der Waals surface area contributed by atoms with Crippen LogP contribution >= 0.6 is 0 Å². The van der Waals surface area contributed by atoms with Gasteiger partial charge in [-0.15, -0.1) is 0 Å². The van der Waals surface area contributed by atoms with Crippen LogP contribution in [0.1, 0.15) is 45.6 Å². The number of hydrogen-bond acceptors (Lipinski definition) is 2. The minimum absolute atomic E-state index is 0.0938. The summed E-state index contributed by atoms with van der Waals surface area (Å²) in [7, 11) is 1.67. The van der Waals surface area contributed by atoms with Gasteiger partial charge < -0.3 is 4.74 Å². The Hall–Kier alpha value is -1.31. The van der Waals surface area contributed by atoms with Crippen LogP contribution in [-0.2, 0) is 10.2 Å². The molecule has 2 rings (SSSR count). The lowest BCUT2D eigenvalue weighted by molar-refractivity contribution is -0.128. The second kappa shape index (κ2) is 5.36. The van der Waals surface area contributed by atoms with Crippen molar-refractivity contribution < 1.29 is 9.53 Å². The van der Waals surface area contributed by atoms with Gasteiger partial charge in [-0.2, -0.15) is 0 Å². The molecule has 0 heterocycles. The van der Waals surface area contributed by atoms with Crippen molar-refractivity contribution in [1.29, 1.82) is 0 Å². The van der Waals surface area contributed by atoms with Crippen LogP contribution in [0.15, 0.2) is 24.3 Å². The molecule has 1 aromatic carbocycles. The first-order valence-corrected chi connectivity index (χ1v) is 7.12. The average Bonchev–Trinajstić information content (AvgIpc) is 2.38. The molecule has 0 radical (unpaired) electrons. The maximum Gasteiger partial charge on any atom is 0.137 e. The van der Waals surface area contributed by atoms with Gasteiger partial charge in [-0.1, -0.05) is 32.9 Å². The number of Topliss-reactive ketones (excluding diaryl/α,β-unsaturated/α-hetero) is 1. The Morgan fingerprint density at radius 1 is 1.16 bits per heavy atom. The molecule has 1 fully saturated rings. The Labute approximate surface area is 116 Å². The summed E-state index contributed by atoms with van der Waals surface area (Å²) in [5.74, 6) is 2.00. The molecule has 1 aromatic rings. The number of carbonyl (C=O) groups excluding carboxylic acids is 1. The Bertz CT molecular complexity index is 445. The molecule has 0 N–H and O–H groups in total. The van der Waals surface area contributed by atoms with Crippen LogP contribution < -0.4 is 4.74 Å². The molecule has 2 heteroatoms. The van der Waals surface area contributed by atoms with E-state index in [2.05, 4.69) is 32.9 Å². The fraction of sp³-hybridized carbons (Fsp3) is 0.588. The fourth-order valence-electron chi connectivity index (χ4n) is 3.19. The van der Waals surface area contributed by atoms with Gasteiger partial charge in [-0.25, -0.2) is 0 Å². The van der Waals surface area contributed by atoms with E-state index < -0.39 is 0 Å². The molecular formula is C17H24O2. The predicted molar refractivity (Wildman–Crippen MR) is 77.5 cm³/mol. The smallest absolute Gasteiger partial charge is 0.137 e. The maximum absolute atomic E-state index is 12.3. The van der Waals surface area contributed by atoms with E-state index in [1.54, 1.807) is 7.11 Å². The van der Waals surface area contributed by atoms with Gasteiger partial charge in [0, 0.05) is 12.3 Å². The number of methoxy groups -OCH3 is 1. The van der Waals surface area contributed by atoms with Gasteiger partial charge in [0.05, 0.1) is 7.11 Å². The summed E-state index contributed by atoms with van der Waals surface area (Å²) < 4.78 is 5.20. The van der Waals surface area contributed by atoms with Crippen molar-refractivity contribution in [2.45, 2.75) is 45.4 Å². The first-order valence-electron chi connectivity index (χ1n) is 7.12. The summed E-state index contributed by atoms with van der Waals surface area (Å²) in [6, 6.07) is 8.13. The van der Waals surface area contributed by atoms with Gasteiger partial charge in [0.15, 0.2) is 0 Å². The van der Waals surface area contributed by atoms with Gasteiger partial charge in [0.1, 0.15) is 11.5 Å². The zero-order valence-electron chi connectivity index (χ0n) is 12.4. The zero-order chi connectivity index (χ0) is 14.0. The summed E-state index contributed by atoms with van der Waals surface area (Å²) >= 11 is 0. The third kappa shape index (κ3) is 2.83. The molecule has 19 heavy (non-hydrogen) atoms. The van der Waals surface area contributed by atoms with Crippen molar-refractivity contribution >= 4 is 5.78 Å². The molecule has 0 unspecified atom stereocenters. The molecule has 0 spiro atoms. The zero-order valence-corrected chi connectivity index (χ0v) is 12.4. The van der Waals surface area contributed by atoms with E-state index >= 15 is 0 Å². The molecule has 0 aliphatic heterocycles. The third-order valence-electron chi connectivity index (χ3n) is 4.59. The summed E-state index contributed by atoms with van der Waals surface area (Å²) in [4.78, 5) is 12.3. The minimum atomic E-state index is -0.0938. The summed E-state index contributed by atoms with van der Waals surface area (Å²) in [5, 5.41) is 0. The molecule has 0 bridgehead atoms. The largest absolute Gasteiger partial charge is 0.497 e. The van der Waals surface area contributed by atoms with Crippen LogP contribution in [0.4, 0.5) is 0 Å². The molecule has 0 saturated heterocycles. The van der Waals surface area contributed by atoms with Crippen LogP contribution in [0.3, 0.4) is 0 Å². The topological polar surface area (TPSA) is 26.3 Å². The summed E-state index contributed by atoms with van der Waals surface area (Å²) in [6.45, 7) is 6.55. The lowest BCUT2D eigenvalue weighted by atomic mass is 9.65. The van der Waals surface area contributed by atoms with Gasteiger partial charge in [-0.3, -0.25) is 4.79 Å². The predicted octanol–water partition coefficient (Wildman–Crippen LogP) is 3.98. The van der Waals surface area contributed by atoms with E-state index in [0.29, 0.717) is 11.7 Å². The minimum Gasteiger partial charge on any atom is -0.497 e.